The summed E-state index contributed by atoms with van der Waals surface area (Å²) in [6.07, 6.45) is 2.21. The molecule has 0 aliphatic heterocycles. The van der Waals surface area contributed by atoms with Crippen LogP contribution in [0.2, 0.25) is 5.02 Å². The van der Waals surface area contributed by atoms with Gasteiger partial charge in [-0.05, 0) is 18.6 Å². The molecule has 0 heterocycles. The fourth-order valence-electron chi connectivity index (χ4n) is 1.45. The smallest absolute Gasteiger partial charge is 0.287 e. The van der Waals surface area contributed by atoms with Crippen LogP contribution in [0.3, 0.4) is 0 Å². The molecular formula is C12H15ClN2O4S. The largest absolute Gasteiger partial charge is 0.352 e. The molecule has 1 aromatic carbocycles. The van der Waals surface area contributed by atoms with Crippen molar-refractivity contribution in [1.82, 2.24) is 5.32 Å². The van der Waals surface area contributed by atoms with Crippen LogP contribution >= 0.6 is 11.6 Å². The van der Waals surface area contributed by atoms with Gasteiger partial charge in [-0.15, -0.1) is 0 Å². The number of nitrogens with one attached hydrogen (secondary N) is 1. The second-order valence-electron chi connectivity index (χ2n) is 4.28. The molecule has 0 aromatic heterocycles. The number of nitro groups is 1. The van der Waals surface area contributed by atoms with Crippen molar-refractivity contribution in [3.05, 3.63) is 38.9 Å². The molecule has 110 valence electrons. The molecule has 0 spiro atoms. The molecular weight excluding hydrogens is 304 g/mol. The van der Waals surface area contributed by atoms with Crippen molar-refractivity contribution < 1.29 is 13.9 Å². The Kier molecular flexibility index (Phi) is 6.09. The molecule has 0 saturated heterocycles. The van der Waals surface area contributed by atoms with E-state index >= 15 is 0 Å². The van der Waals surface area contributed by atoms with E-state index in [4.69, 9.17) is 11.6 Å². The molecule has 1 N–H and O–H groups in total. The van der Waals surface area contributed by atoms with Gasteiger partial charge in [0.25, 0.3) is 11.6 Å². The van der Waals surface area contributed by atoms with Gasteiger partial charge in [-0.3, -0.25) is 19.1 Å². The van der Waals surface area contributed by atoms with Crippen molar-refractivity contribution in [3.63, 3.8) is 0 Å². The zero-order valence-corrected chi connectivity index (χ0v) is 12.7. The first-order chi connectivity index (χ1) is 9.32. The number of amides is 1. The van der Waals surface area contributed by atoms with E-state index < -0.39 is 15.7 Å². The maximum absolute atomic E-state index is 11.8. The lowest BCUT2D eigenvalue weighted by Crippen LogP contribution is -2.27. The highest BCUT2D eigenvalue weighted by molar-refractivity contribution is 7.84. The number of rotatable bonds is 6. The predicted molar refractivity (Wildman–Crippen MR) is 78.6 cm³/mol. The lowest BCUT2D eigenvalue weighted by molar-refractivity contribution is -0.384. The standard InChI is InChI=1S/C12H15ClN2O4S/c1-8(20(2)19)5-6-14-12(16)9-3-4-11(15(17)18)10(13)7-9/h3-4,7-8H,5-6H2,1-2H3,(H,14,16)/t8-,20-/m1/s1. The summed E-state index contributed by atoms with van der Waals surface area (Å²) in [6, 6.07) is 3.80. The van der Waals surface area contributed by atoms with Crippen molar-refractivity contribution in [1.29, 1.82) is 0 Å². The second kappa shape index (κ2) is 7.35. The third-order valence-corrected chi connectivity index (χ3v) is 4.48. The topological polar surface area (TPSA) is 89.3 Å². The number of carbonyl (C=O) groups excluding carboxylic acids is 1. The molecule has 0 aliphatic carbocycles. The Morgan fingerprint density at radius 2 is 2.20 bits per heavy atom. The normalized spacial score (nSPS) is 13.6. The number of nitrogens with zero attached hydrogens (tertiary/aromatic N) is 1. The maximum atomic E-state index is 11.8. The molecule has 0 fully saturated rings. The average Bonchev–Trinajstić information content (AvgIpc) is 2.37. The monoisotopic (exact) mass is 318 g/mol. The van der Waals surface area contributed by atoms with E-state index in [0.717, 1.165) is 0 Å². The van der Waals surface area contributed by atoms with Gasteiger partial charge < -0.3 is 5.32 Å². The lowest BCUT2D eigenvalue weighted by atomic mass is 10.2. The van der Waals surface area contributed by atoms with Gasteiger partial charge in [-0.1, -0.05) is 18.5 Å². The molecule has 0 aliphatic rings. The molecule has 20 heavy (non-hydrogen) atoms. The minimum absolute atomic E-state index is 0.00394. The van der Waals surface area contributed by atoms with Crippen molar-refractivity contribution >= 4 is 34.0 Å². The zero-order chi connectivity index (χ0) is 15.3. The van der Waals surface area contributed by atoms with Crippen molar-refractivity contribution in [3.8, 4) is 0 Å². The van der Waals surface area contributed by atoms with Crippen molar-refractivity contribution in [2.24, 2.45) is 0 Å². The summed E-state index contributed by atoms with van der Waals surface area (Å²) in [5.41, 5.74) is 0.0177. The van der Waals surface area contributed by atoms with E-state index in [9.17, 15) is 19.1 Å². The fraction of sp³-hybridized carbons (Fsp3) is 0.417. The van der Waals surface area contributed by atoms with E-state index in [1.54, 1.807) is 6.26 Å². The Balaban J connectivity index is 2.62. The predicted octanol–water partition coefficient (Wildman–Crippen LogP) is 2.14. The number of hydrogen-bond acceptors (Lipinski definition) is 4. The first-order valence-corrected chi connectivity index (χ1v) is 7.87. The van der Waals surface area contributed by atoms with E-state index in [2.05, 4.69) is 5.32 Å². The molecule has 6 nitrogen and oxygen atoms in total. The summed E-state index contributed by atoms with van der Waals surface area (Å²) in [7, 11) is -0.929. The highest BCUT2D eigenvalue weighted by Gasteiger charge is 2.15. The van der Waals surface area contributed by atoms with Crippen LogP contribution in [0.4, 0.5) is 5.69 Å². The third-order valence-electron chi connectivity index (χ3n) is 2.81. The highest BCUT2D eigenvalue weighted by atomic mass is 35.5. The van der Waals surface area contributed by atoms with Gasteiger partial charge in [0.1, 0.15) is 5.02 Å². The number of nitro benzene ring substituents is 1. The third kappa shape index (κ3) is 4.57. The van der Waals surface area contributed by atoms with Crippen LogP contribution in [-0.4, -0.2) is 33.1 Å². The Hall–Kier alpha value is -1.47. The summed E-state index contributed by atoms with van der Waals surface area (Å²) in [6.45, 7) is 2.22. The molecule has 0 unspecified atom stereocenters. The van der Waals surface area contributed by atoms with E-state index in [1.165, 1.54) is 18.2 Å². The van der Waals surface area contributed by atoms with Crippen LogP contribution in [-0.2, 0) is 10.8 Å². The second-order valence-corrected chi connectivity index (χ2v) is 6.49. The molecule has 8 heteroatoms. The van der Waals surface area contributed by atoms with Crippen LogP contribution in [0.5, 0.6) is 0 Å². The molecule has 0 saturated carbocycles. The number of halogens is 1. The minimum atomic E-state index is -0.929. The molecule has 1 rings (SSSR count). The van der Waals surface area contributed by atoms with Gasteiger partial charge in [-0.25, -0.2) is 0 Å². The molecule has 1 aromatic rings. The van der Waals surface area contributed by atoms with Gasteiger partial charge in [0.15, 0.2) is 0 Å². The summed E-state index contributed by atoms with van der Waals surface area (Å²) in [4.78, 5) is 21.8. The van der Waals surface area contributed by atoms with E-state index in [0.29, 0.717) is 13.0 Å². The van der Waals surface area contributed by atoms with Crippen molar-refractivity contribution in [2.45, 2.75) is 18.6 Å². The summed E-state index contributed by atoms with van der Waals surface area (Å²) < 4.78 is 11.2. The number of carbonyl (C=O) groups is 1. The number of benzene rings is 1. The Labute approximate surface area is 124 Å². The number of hydrogen-bond donors (Lipinski definition) is 1. The van der Waals surface area contributed by atoms with Gasteiger partial charge >= 0.3 is 0 Å². The first-order valence-electron chi connectivity index (χ1n) is 5.87. The Morgan fingerprint density at radius 3 is 2.70 bits per heavy atom. The lowest BCUT2D eigenvalue weighted by Gasteiger charge is -2.09. The van der Waals surface area contributed by atoms with Crippen molar-refractivity contribution in [2.75, 3.05) is 12.8 Å². The zero-order valence-electron chi connectivity index (χ0n) is 11.1. The van der Waals surface area contributed by atoms with E-state index in [1.807, 2.05) is 6.92 Å². The summed E-state index contributed by atoms with van der Waals surface area (Å²) in [5, 5.41) is 13.2. The van der Waals surface area contributed by atoms with Gasteiger partial charge in [0, 0.05) is 40.5 Å². The minimum Gasteiger partial charge on any atom is -0.352 e. The van der Waals surface area contributed by atoms with E-state index in [-0.39, 0.29) is 27.4 Å². The van der Waals surface area contributed by atoms with Crippen LogP contribution in [0, 0.1) is 10.1 Å². The van der Waals surface area contributed by atoms with Gasteiger partial charge in [0.05, 0.1) is 4.92 Å². The summed E-state index contributed by atoms with van der Waals surface area (Å²) >= 11 is 5.73. The maximum Gasteiger partial charge on any atom is 0.287 e. The van der Waals surface area contributed by atoms with Crippen LogP contribution in [0.15, 0.2) is 18.2 Å². The van der Waals surface area contributed by atoms with Gasteiger partial charge in [0.2, 0.25) is 0 Å². The quantitative estimate of drug-likeness (QED) is 0.642. The molecule has 0 bridgehead atoms. The summed E-state index contributed by atoms with van der Waals surface area (Å²) in [5.74, 6) is -0.365. The van der Waals surface area contributed by atoms with Gasteiger partial charge in [-0.2, -0.15) is 0 Å². The SMILES string of the molecule is C[C@H](CCNC(=O)c1ccc([N+](=O)[O-])c(Cl)c1)[S@@](C)=O. The Bertz CT molecular complexity index is 550. The molecule has 0 radical (unpaired) electrons. The molecule has 1 amide bonds. The van der Waals surface area contributed by atoms with Crippen LogP contribution < -0.4 is 5.32 Å². The Morgan fingerprint density at radius 1 is 1.55 bits per heavy atom. The molecule has 2 atom stereocenters. The highest BCUT2D eigenvalue weighted by Crippen LogP contribution is 2.24. The first kappa shape index (κ1) is 16.6. The van der Waals surface area contributed by atoms with Crippen LogP contribution in [0.25, 0.3) is 0 Å². The fourth-order valence-corrected chi connectivity index (χ4v) is 2.15. The average molecular weight is 319 g/mol. The van der Waals surface area contributed by atoms with Crippen LogP contribution in [0.1, 0.15) is 23.7 Å².